The van der Waals surface area contributed by atoms with E-state index in [2.05, 4.69) is 15.7 Å². The maximum Gasteiger partial charge on any atom is 0.229 e. The summed E-state index contributed by atoms with van der Waals surface area (Å²) in [4.78, 5) is 12.9. The standard InChI is InChI=1S/C22H23FN4O2.ClH/c1-27-13-16(10-25-27)20-11-24-12-21(20)22(28)26-18-6-3-7-19(9-18)29-14-15-4-2-5-17(23)8-15;/h2-10,13,20-21,24H,11-12,14H2,1H3,(H,26,28);1H/t20-,21+;/m1./s1. The van der Waals surface area contributed by atoms with Crippen LogP contribution in [-0.2, 0) is 18.4 Å². The van der Waals surface area contributed by atoms with Gasteiger partial charge in [-0.1, -0.05) is 18.2 Å². The maximum atomic E-state index is 13.3. The molecule has 2 N–H and O–H groups in total. The molecular formula is C22H24ClFN4O2. The third-order valence-corrected chi connectivity index (χ3v) is 5.10. The first-order chi connectivity index (χ1) is 14.1. The van der Waals surface area contributed by atoms with Crippen LogP contribution in [0.2, 0.25) is 0 Å². The molecule has 1 aliphatic rings. The number of benzene rings is 2. The van der Waals surface area contributed by atoms with Gasteiger partial charge in [0.05, 0.1) is 12.1 Å². The number of carbonyl (C=O) groups is 1. The number of aryl methyl sites for hydroxylation is 1. The highest BCUT2D eigenvalue weighted by atomic mass is 35.5. The molecule has 1 fully saturated rings. The molecule has 0 spiro atoms. The molecule has 158 valence electrons. The number of aromatic nitrogens is 2. The quantitative estimate of drug-likeness (QED) is 0.628. The Labute approximate surface area is 180 Å². The Morgan fingerprint density at radius 2 is 2.10 bits per heavy atom. The molecule has 0 saturated carbocycles. The Morgan fingerprint density at radius 1 is 1.27 bits per heavy atom. The van der Waals surface area contributed by atoms with E-state index in [1.54, 1.807) is 22.9 Å². The van der Waals surface area contributed by atoms with Crippen LogP contribution in [0.15, 0.2) is 60.9 Å². The van der Waals surface area contributed by atoms with Crippen LogP contribution < -0.4 is 15.4 Å². The Kier molecular flexibility index (Phi) is 7.07. The van der Waals surface area contributed by atoms with Crippen LogP contribution in [-0.4, -0.2) is 28.8 Å². The first-order valence-corrected chi connectivity index (χ1v) is 9.56. The summed E-state index contributed by atoms with van der Waals surface area (Å²) in [5.74, 6) is 0.208. The summed E-state index contributed by atoms with van der Waals surface area (Å²) in [5.41, 5.74) is 2.48. The molecule has 8 heteroatoms. The summed E-state index contributed by atoms with van der Waals surface area (Å²) < 4.78 is 20.8. The van der Waals surface area contributed by atoms with Crippen molar-refractivity contribution < 1.29 is 13.9 Å². The van der Waals surface area contributed by atoms with E-state index in [0.717, 1.165) is 17.7 Å². The van der Waals surface area contributed by atoms with Gasteiger partial charge in [0.15, 0.2) is 0 Å². The summed E-state index contributed by atoms with van der Waals surface area (Å²) in [5, 5.41) is 10.5. The first-order valence-electron chi connectivity index (χ1n) is 9.56. The molecule has 0 aliphatic carbocycles. The third kappa shape index (κ3) is 5.17. The number of rotatable bonds is 6. The molecule has 0 radical (unpaired) electrons. The third-order valence-electron chi connectivity index (χ3n) is 5.10. The van der Waals surface area contributed by atoms with Crippen molar-refractivity contribution in [3.63, 3.8) is 0 Å². The zero-order valence-corrected chi connectivity index (χ0v) is 17.4. The van der Waals surface area contributed by atoms with E-state index in [-0.39, 0.29) is 42.6 Å². The van der Waals surface area contributed by atoms with Gasteiger partial charge in [-0.05, 0) is 35.4 Å². The van der Waals surface area contributed by atoms with Gasteiger partial charge in [-0.15, -0.1) is 12.4 Å². The molecule has 30 heavy (non-hydrogen) atoms. The van der Waals surface area contributed by atoms with E-state index in [4.69, 9.17) is 4.74 Å². The number of nitrogens with zero attached hydrogens (tertiary/aromatic N) is 2. The van der Waals surface area contributed by atoms with Crippen molar-refractivity contribution in [2.45, 2.75) is 12.5 Å². The van der Waals surface area contributed by atoms with E-state index < -0.39 is 0 Å². The van der Waals surface area contributed by atoms with Crippen LogP contribution in [0.4, 0.5) is 10.1 Å². The summed E-state index contributed by atoms with van der Waals surface area (Å²) >= 11 is 0. The normalized spacial score (nSPS) is 17.9. The predicted molar refractivity (Wildman–Crippen MR) is 115 cm³/mol. The zero-order chi connectivity index (χ0) is 20.2. The lowest BCUT2D eigenvalue weighted by Gasteiger charge is -2.17. The smallest absolute Gasteiger partial charge is 0.229 e. The average Bonchev–Trinajstić information content (AvgIpc) is 3.35. The van der Waals surface area contributed by atoms with Gasteiger partial charge in [-0.3, -0.25) is 9.48 Å². The second-order valence-electron chi connectivity index (χ2n) is 7.25. The lowest BCUT2D eigenvalue weighted by molar-refractivity contribution is -0.119. The van der Waals surface area contributed by atoms with E-state index in [1.165, 1.54) is 12.1 Å². The summed E-state index contributed by atoms with van der Waals surface area (Å²) in [7, 11) is 1.87. The predicted octanol–water partition coefficient (Wildman–Crippen LogP) is 3.50. The number of hydrogen-bond donors (Lipinski definition) is 2. The molecule has 2 aromatic carbocycles. The fraction of sp³-hybridized carbons (Fsp3) is 0.273. The molecule has 1 aliphatic heterocycles. The lowest BCUT2D eigenvalue weighted by atomic mass is 9.90. The van der Waals surface area contributed by atoms with Gasteiger partial charge in [0.2, 0.25) is 5.91 Å². The van der Waals surface area contributed by atoms with E-state index >= 15 is 0 Å². The van der Waals surface area contributed by atoms with Crippen molar-refractivity contribution >= 4 is 24.0 Å². The van der Waals surface area contributed by atoms with Crippen molar-refractivity contribution in [1.82, 2.24) is 15.1 Å². The summed E-state index contributed by atoms with van der Waals surface area (Å²) in [6.45, 7) is 1.63. The van der Waals surface area contributed by atoms with Crippen LogP contribution in [0, 0.1) is 11.7 Å². The Morgan fingerprint density at radius 3 is 2.87 bits per heavy atom. The molecular weight excluding hydrogens is 407 g/mol. The molecule has 0 bridgehead atoms. The second-order valence-corrected chi connectivity index (χ2v) is 7.25. The molecule has 1 saturated heterocycles. The molecule has 6 nitrogen and oxygen atoms in total. The van der Waals surface area contributed by atoms with Gasteiger partial charge >= 0.3 is 0 Å². The minimum absolute atomic E-state index is 0. The molecule has 2 atom stereocenters. The molecule has 1 aromatic heterocycles. The number of halogens is 2. The van der Waals surface area contributed by atoms with Gasteiger partial charge in [0, 0.05) is 44.0 Å². The monoisotopic (exact) mass is 430 g/mol. The van der Waals surface area contributed by atoms with Crippen LogP contribution in [0.25, 0.3) is 0 Å². The van der Waals surface area contributed by atoms with Crippen molar-refractivity contribution in [3.8, 4) is 5.75 Å². The molecule has 3 aromatic rings. The Balaban J connectivity index is 0.00000256. The van der Waals surface area contributed by atoms with E-state index in [1.807, 2.05) is 37.6 Å². The number of hydrogen-bond acceptors (Lipinski definition) is 4. The maximum absolute atomic E-state index is 13.3. The van der Waals surface area contributed by atoms with Crippen LogP contribution in [0.1, 0.15) is 17.0 Å². The minimum atomic E-state index is -0.291. The molecule has 1 amide bonds. The fourth-order valence-electron chi connectivity index (χ4n) is 3.63. The van der Waals surface area contributed by atoms with Crippen molar-refractivity contribution in [2.24, 2.45) is 13.0 Å². The minimum Gasteiger partial charge on any atom is -0.489 e. The number of nitrogens with one attached hydrogen (secondary N) is 2. The topological polar surface area (TPSA) is 68.2 Å². The van der Waals surface area contributed by atoms with Crippen LogP contribution in [0.3, 0.4) is 0 Å². The van der Waals surface area contributed by atoms with Gasteiger partial charge in [0.25, 0.3) is 0 Å². The highest BCUT2D eigenvalue weighted by Crippen LogP contribution is 2.29. The average molecular weight is 431 g/mol. The van der Waals surface area contributed by atoms with Crippen molar-refractivity contribution in [3.05, 3.63) is 77.9 Å². The highest BCUT2D eigenvalue weighted by molar-refractivity contribution is 5.93. The van der Waals surface area contributed by atoms with Gasteiger partial charge in [-0.2, -0.15) is 5.10 Å². The molecule has 4 rings (SSSR count). The van der Waals surface area contributed by atoms with Gasteiger partial charge in [0.1, 0.15) is 18.2 Å². The van der Waals surface area contributed by atoms with Crippen molar-refractivity contribution in [1.29, 1.82) is 0 Å². The highest BCUT2D eigenvalue weighted by Gasteiger charge is 2.34. The van der Waals surface area contributed by atoms with E-state index in [9.17, 15) is 9.18 Å². The number of amides is 1. The molecule has 0 unspecified atom stereocenters. The summed E-state index contributed by atoms with van der Waals surface area (Å²) in [6, 6.07) is 13.5. The lowest BCUT2D eigenvalue weighted by Crippen LogP contribution is -2.28. The van der Waals surface area contributed by atoms with Crippen molar-refractivity contribution in [2.75, 3.05) is 18.4 Å². The fourth-order valence-corrected chi connectivity index (χ4v) is 3.63. The Hall–Kier alpha value is -2.90. The summed E-state index contributed by atoms with van der Waals surface area (Å²) in [6.07, 6.45) is 3.78. The Bertz CT molecular complexity index is 1010. The van der Waals surface area contributed by atoms with E-state index in [0.29, 0.717) is 18.0 Å². The number of carbonyl (C=O) groups excluding carboxylic acids is 1. The van der Waals surface area contributed by atoms with Gasteiger partial charge < -0.3 is 15.4 Å². The number of anilines is 1. The van der Waals surface area contributed by atoms with Crippen LogP contribution in [0.5, 0.6) is 5.75 Å². The second kappa shape index (κ2) is 9.73. The molecule has 2 heterocycles. The number of ether oxygens (including phenoxy) is 1. The van der Waals surface area contributed by atoms with Gasteiger partial charge in [-0.25, -0.2) is 4.39 Å². The SMILES string of the molecule is Cl.Cn1cc([C@H]2CNC[C@@H]2C(=O)Nc2cccc(OCc3cccc(F)c3)c2)cn1. The largest absolute Gasteiger partial charge is 0.489 e. The zero-order valence-electron chi connectivity index (χ0n) is 16.5. The first kappa shape index (κ1) is 21.8. The van der Waals surface area contributed by atoms with Crippen LogP contribution >= 0.6 is 12.4 Å².